The van der Waals surface area contributed by atoms with Crippen LogP contribution in [-0.4, -0.2) is 12.2 Å². The van der Waals surface area contributed by atoms with E-state index in [1.807, 2.05) is 52.0 Å². The summed E-state index contributed by atoms with van der Waals surface area (Å²) in [5, 5.41) is 0. The average Bonchev–Trinajstić information content (AvgIpc) is 2.19. The maximum Gasteiger partial charge on any atom is 0.124 e. The molecule has 90 valence electrons. The first-order valence-corrected chi connectivity index (χ1v) is 5.72. The van der Waals surface area contributed by atoms with Gasteiger partial charge in [-0.1, -0.05) is 18.2 Å². The number of rotatable bonds is 6. The van der Waals surface area contributed by atoms with Crippen molar-refractivity contribution in [2.45, 2.75) is 46.4 Å². The van der Waals surface area contributed by atoms with Crippen molar-refractivity contribution in [3.05, 3.63) is 29.8 Å². The van der Waals surface area contributed by atoms with Crippen LogP contribution in [0.15, 0.2) is 24.3 Å². The summed E-state index contributed by atoms with van der Waals surface area (Å²) >= 11 is 0. The van der Waals surface area contributed by atoms with E-state index in [9.17, 15) is 0 Å². The normalized spacial score (nSPS) is 11.1. The lowest BCUT2D eigenvalue weighted by Crippen LogP contribution is -2.19. The number of nitrogens with one attached hydrogen (secondary N) is 1. The number of ether oxygens (including phenoxy) is 1. The molecule has 1 N–H and O–H groups in total. The van der Waals surface area contributed by atoms with Gasteiger partial charge in [0.2, 0.25) is 0 Å². The Bertz CT molecular complexity index is 311. The summed E-state index contributed by atoms with van der Waals surface area (Å²) < 4.78 is 5.71. The van der Waals surface area contributed by atoms with Crippen LogP contribution in [0.4, 0.5) is 0 Å². The maximum atomic E-state index is 5.71. The van der Waals surface area contributed by atoms with Gasteiger partial charge in [0.15, 0.2) is 0 Å². The van der Waals surface area contributed by atoms with E-state index in [1.54, 1.807) is 0 Å². The Hall–Kier alpha value is -1.06. The smallest absolute Gasteiger partial charge is 0.124 e. The van der Waals surface area contributed by atoms with Crippen molar-refractivity contribution in [1.82, 2.24) is 5.48 Å². The first-order valence-electron chi connectivity index (χ1n) is 5.72. The Labute approximate surface area is 97.7 Å². The summed E-state index contributed by atoms with van der Waals surface area (Å²) in [7, 11) is 0. The van der Waals surface area contributed by atoms with Crippen LogP contribution < -0.4 is 10.2 Å². The summed E-state index contributed by atoms with van der Waals surface area (Å²) in [4.78, 5) is 5.30. The predicted octanol–water partition coefficient (Wildman–Crippen LogP) is 2.90. The minimum absolute atomic E-state index is 0.179. The van der Waals surface area contributed by atoms with Crippen molar-refractivity contribution >= 4 is 0 Å². The molecule has 0 aromatic heterocycles. The molecule has 0 spiro atoms. The summed E-state index contributed by atoms with van der Waals surface area (Å²) in [5.74, 6) is 0.914. The highest BCUT2D eigenvalue weighted by Crippen LogP contribution is 2.19. The maximum absolute atomic E-state index is 5.71. The molecule has 0 bridgehead atoms. The Morgan fingerprint density at radius 2 is 1.75 bits per heavy atom. The number of benzene rings is 1. The minimum atomic E-state index is 0.179. The monoisotopic (exact) mass is 223 g/mol. The highest BCUT2D eigenvalue weighted by atomic mass is 16.7. The van der Waals surface area contributed by atoms with E-state index >= 15 is 0 Å². The van der Waals surface area contributed by atoms with Crippen molar-refractivity contribution in [2.24, 2.45) is 0 Å². The van der Waals surface area contributed by atoms with Crippen molar-refractivity contribution in [3.8, 4) is 5.75 Å². The molecule has 0 aliphatic heterocycles. The van der Waals surface area contributed by atoms with Crippen LogP contribution in [0, 0.1) is 0 Å². The lowest BCUT2D eigenvalue weighted by atomic mass is 10.2. The summed E-state index contributed by atoms with van der Waals surface area (Å²) in [5.41, 5.74) is 4.04. The van der Waals surface area contributed by atoms with Gasteiger partial charge in [-0.15, -0.1) is 0 Å². The van der Waals surface area contributed by atoms with Crippen LogP contribution in [0.2, 0.25) is 0 Å². The molecule has 3 heteroatoms. The fourth-order valence-electron chi connectivity index (χ4n) is 1.30. The van der Waals surface area contributed by atoms with Crippen LogP contribution in [0.3, 0.4) is 0 Å². The van der Waals surface area contributed by atoms with Gasteiger partial charge in [-0.25, -0.2) is 0 Å². The third-order valence-corrected chi connectivity index (χ3v) is 1.92. The number of hydrogen-bond acceptors (Lipinski definition) is 3. The molecule has 0 aliphatic carbocycles. The second-order valence-electron chi connectivity index (χ2n) is 4.26. The van der Waals surface area contributed by atoms with Crippen LogP contribution in [-0.2, 0) is 11.4 Å². The van der Waals surface area contributed by atoms with Gasteiger partial charge < -0.3 is 4.74 Å². The van der Waals surface area contributed by atoms with E-state index in [4.69, 9.17) is 9.57 Å². The van der Waals surface area contributed by atoms with Crippen molar-refractivity contribution in [1.29, 1.82) is 0 Å². The van der Waals surface area contributed by atoms with Gasteiger partial charge in [0.1, 0.15) is 5.75 Å². The molecule has 0 saturated heterocycles. The van der Waals surface area contributed by atoms with E-state index < -0.39 is 0 Å². The third kappa shape index (κ3) is 4.64. The van der Waals surface area contributed by atoms with E-state index in [0.29, 0.717) is 6.54 Å². The Balaban J connectivity index is 2.56. The van der Waals surface area contributed by atoms with Gasteiger partial charge >= 0.3 is 0 Å². The highest BCUT2D eigenvalue weighted by molar-refractivity contribution is 5.33. The molecule has 16 heavy (non-hydrogen) atoms. The van der Waals surface area contributed by atoms with Crippen molar-refractivity contribution < 1.29 is 9.57 Å². The summed E-state index contributed by atoms with van der Waals surface area (Å²) in [6.07, 6.45) is 0.366. The molecule has 0 heterocycles. The van der Waals surface area contributed by atoms with Gasteiger partial charge in [-0.05, 0) is 33.8 Å². The van der Waals surface area contributed by atoms with E-state index in [0.717, 1.165) is 11.3 Å². The molecule has 0 unspecified atom stereocenters. The molecular formula is C13H21NO2. The average molecular weight is 223 g/mol. The third-order valence-electron chi connectivity index (χ3n) is 1.92. The molecule has 0 amide bonds. The van der Waals surface area contributed by atoms with Crippen LogP contribution in [0.1, 0.15) is 33.3 Å². The molecule has 1 rings (SSSR count). The second kappa shape index (κ2) is 6.51. The van der Waals surface area contributed by atoms with Gasteiger partial charge in [-0.2, -0.15) is 5.48 Å². The lowest BCUT2D eigenvalue weighted by molar-refractivity contribution is -0.00927. The molecule has 0 atom stereocenters. The Morgan fingerprint density at radius 1 is 1.06 bits per heavy atom. The fraction of sp³-hybridized carbons (Fsp3) is 0.538. The number of para-hydroxylation sites is 1. The molecule has 0 aliphatic rings. The minimum Gasteiger partial charge on any atom is -0.491 e. The van der Waals surface area contributed by atoms with Crippen molar-refractivity contribution in [3.63, 3.8) is 0 Å². The number of hydroxylamine groups is 1. The van der Waals surface area contributed by atoms with Crippen LogP contribution >= 0.6 is 0 Å². The van der Waals surface area contributed by atoms with Gasteiger partial charge in [-0.3, -0.25) is 4.84 Å². The molecular weight excluding hydrogens is 202 g/mol. The molecule has 1 aromatic carbocycles. The lowest BCUT2D eigenvalue weighted by Gasteiger charge is -2.15. The Morgan fingerprint density at radius 3 is 2.38 bits per heavy atom. The zero-order valence-electron chi connectivity index (χ0n) is 10.5. The first-order chi connectivity index (χ1) is 7.59. The van der Waals surface area contributed by atoms with E-state index in [2.05, 4.69) is 5.48 Å². The highest BCUT2D eigenvalue weighted by Gasteiger charge is 2.04. The second-order valence-corrected chi connectivity index (χ2v) is 4.26. The fourth-order valence-corrected chi connectivity index (χ4v) is 1.30. The predicted molar refractivity (Wildman–Crippen MR) is 65.3 cm³/mol. The molecule has 0 saturated carbocycles. The van der Waals surface area contributed by atoms with Gasteiger partial charge in [0.25, 0.3) is 0 Å². The zero-order valence-corrected chi connectivity index (χ0v) is 10.5. The van der Waals surface area contributed by atoms with Crippen LogP contribution in [0.5, 0.6) is 5.75 Å². The largest absolute Gasteiger partial charge is 0.491 e. The Kier molecular flexibility index (Phi) is 5.29. The van der Waals surface area contributed by atoms with Crippen LogP contribution in [0.25, 0.3) is 0 Å². The summed E-state index contributed by atoms with van der Waals surface area (Å²) in [6, 6.07) is 7.99. The van der Waals surface area contributed by atoms with Crippen molar-refractivity contribution in [2.75, 3.05) is 0 Å². The quantitative estimate of drug-likeness (QED) is 0.752. The van der Waals surface area contributed by atoms with Gasteiger partial charge in [0, 0.05) is 12.1 Å². The molecule has 0 fully saturated rings. The van der Waals surface area contributed by atoms with Gasteiger partial charge in [0.05, 0.1) is 12.2 Å². The molecule has 0 radical (unpaired) electrons. The number of hydrogen-bond donors (Lipinski definition) is 1. The summed E-state index contributed by atoms with van der Waals surface area (Å²) in [6.45, 7) is 8.68. The van der Waals surface area contributed by atoms with E-state index in [-0.39, 0.29) is 12.2 Å². The SMILES string of the molecule is CC(C)ONCc1ccccc1OC(C)C. The standard InChI is InChI=1S/C13H21NO2/c1-10(2)15-13-8-6-5-7-12(13)9-14-16-11(3)4/h5-8,10-11,14H,9H2,1-4H3. The molecule has 3 nitrogen and oxygen atoms in total. The topological polar surface area (TPSA) is 30.5 Å². The first kappa shape index (κ1) is 13.0. The zero-order chi connectivity index (χ0) is 12.0. The van der Waals surface area contributed by atoms with E-state index in [1.165, 1.54) is 0 Å². The molecule has 1 aromatic rings.